The van der Waals surface area contributed by atoms with Crippen LogP contribution in [0.25, 0.3) is 0 Å². The highest BCUT2D eigenvalue weighted by Crippen LogP contribution is 1.98. The molecule has 2 aromatic rings. The zero-order chi connectivity index (χ0) is 10.5. The fraction of sp³-hybridized carbons (Fsp3) is 0.444. The average Bonchev–Trinajstić information content (AvgIpc) is 2.85. The van der Waals surface area contributed by atoms with Crippen LogP contribution in [0.1, 0.15) is 17.2 Å². The summed E-state index contributed by atoms with van der Waals surface area (Å²) < 4.78 is 0. The molecule has 0 bridgehead atoms. The van der Waals surface area contributed by atoms with Crippen molar-refractivity contribution in [2.45, 2.75) is 19.9 Å². The van der Waals surface area contributed by atoms with E-state index in [0.717, 1.165) is 36.7 Å². The molecule has 2 rings (SSSR count). The van der Waals surface area contributed by atoms with Crippen LogP contribution in [0.4, 0.5) is 0 Å². The van der Waals surface area contributed by atoms with Crippen LogP contribution in [0.15, 0.2) is 12.7 Å². The smallest absolute Gasteiger partial charge is 0.137 e. The molecule has 0 amide bonds. The zero-order valence-corrected chi connectivity index (χ0v) is 8.62. The van der Waals surface area contributed by atoms with Gasteiger partial charge in [0.25, 0.3) is 0 Å². The molecule has 0 aliphatic heterocycles. The Morgan fingerprint density at radius 1 is 1.40 bits per heavy atom. The molecule has 0 atom stereocenters. The number of rotatable bonds is 5. The van der Waals surface area contributed by atoms with Crippen LogP contribution < -0.4 is 5.32 Å². The Balaban J connectivity index is 1.70. The largest absolute Gasteiger partial charge is 0.348 e. The second-order valence-electron chi connectivity index (χ2n) is 3.33. The van der Waals surface area contributed by atoms with Crippen molar-refractivity contribution in [1.82, 2.24) is 30.5 Å². The first kappa shape index (κ1) is 9.85. The van der Waals surface area contributed by atoms with E-state index < -0.39 is 0 Å². The molecule has 0 aromatic carbocycles. The minimum absolute atomic E-state index is 0.781. The third kappa shape index (κ3) is 2.63. The molecule has 6 heteroatoms. The lowest BCUT2D eigenvalue weighted by Gasteiger charge is -2.01. The van der Waals surface area contributed by atoms with Crippen molar-refractivity contribution >= 4 is 0 Å². The van der Waals surface area contributed by atoms with Crippen molar-refractivity contribution in [1.29, 1.82) is 0 Å². The van der Waals surface area contributed by atoms with Crippen molar-refractivity contribution in [2.24, 2.45) is 0 Å². The number of hydrogen-bond donors (Lipinski definition) is 3. The van der Waals surface area contributed by atoms with Gasteiger partial charge in [-0.15, -0.1) is 0 Å². The first-order chi connectivity index (χ1) is 7.36. The first-order valence-electron chi connectivity index (χ1n) is 4.90. The Labute approximate surface area is 87.5 Å². The number of hydrogen-bond acceptors (Lipinski definition) is 4. The maximum absolute atomic E-state index is 4.20. The van der Waals surface area contributed by atoms with Crippen LogP contribution in [-0.2, 0) is 13.0 Å². The molecule has 2 heterocycles. The van der Waals surface area contributed by atoms with Gasteiger partial charge in [-0.1, -0.05) is 0 Å². The minimum Gasteiger partial charge on any atom is -0.348 e. The molecular formula is C9H14N6. The molecule has 0 spiro atoms. The second kappa shape index (κ2) is 4.70. The summed E-state index contributed by atoms with van der Waals surface area (Å²) in [5, 5.41) is 9.90. The van der Waals surface area contributed by atoms with Crippen molar-refractivity contribution in [2.75, 3.05) is 6.54 Å². The Morgan fingerprint density at radius 2 is 2.33 bits per heavy atom. The third-order valence-corrected chi connectivity index (χ3v) is 2.23. The van der Waals surface area contributed by atoms with Gasteiger partial charge >= 0.3 is 0 Å². The molecule has 0 aliphatic carbocycles. The van der Waals surface area contributed by atoms with Crippen LogP contribution >= 0.6 is 0 Å². The van der Waals surface area contributed by atoms with E-state index in [0.29, 0.717) is 0 Å². The summed E-state index contributed by atoms with van der Waals surface area (Å²) >= 11 is 0. The van der Waals surface area contributed by atoms with Gasteiger partial charge in [0, 0.05) is 25.2 Å². The summed E-state index contributed by atoms with van der Waals surface area (Å²) in [5.41, 5.74) is 2.18. The van der Waals surface area contributed by atoms with Crippen molar-refractivity contribution in [3.05, 3.63) is 29.9 Å². The molecule has 2 aromatic heterocycles. The monoisotopic (exact) mass is 206 g/mol. The molecule has 0 aliphatic rings. The van der Waals surface area contributed by atoms with Gasteiger partial charge in [-0.05, 0) is 6.92 Å². The SMILES string of the molecule is Cc1[nH]cnc1CNCCc1ncn[nH]1. The van der Waals surface area contributed by atoms with E-state index in [1.807, 2.05) is 6.92 Å². The number of aryl methyl sites for hydroxylation is 1. The van der Waals surface area contributed by atoms with Gasteiger partial charge in [0.1, 0.15) is 12.2 Å². The molecule has 15 heavy (non-hydrogen) atoms. The number of nitrogens with one attached hydrogen (secondary N) is 3. The Hall–Kier alpha value is -1.69. The van der Waals surface area contributed by atoms with Gasteiger partial charge < -0.3 is 10.3 Å². The predicted molar refractivity (Wildman–Crippen MR) is 55.1 cm³/mol. The van der Waals surface area contributed by atoms with E-state index in [9.17, 15) is 0 Å². The van der Waals surface area contributed by atoms with Gasteiger partial charge in [0.15, 0.2) is 0 Å². The highest BCUT2D eigenvalue weighted by molar-refractivity contribution is 5.07. The minimum atomic E-state index is 0.781. The van der Waals surface area contributed by atoms with Gasteiger partial charge in [0.2, 0.25) is 0 Å². The lowest BCUT2D eigenvalue weighted by atomic mass is 10.3. The number of aromatic nitrogens is 5. The second-order valence-corrected chi connectivity index (χ2v) is 3.33. The molecule has 0 saturated heterocycles. The van der Waals surface area contributed by atoms with Crippen LogP contribution in [0.5, 0.6) is 0 Å². The van der Waals surface area contributed by atoms with Crippen molar-refractivity contribution in [3.63, 3.8) is 0 Å². The average molecular weight is 206 g/mol. The normalized spacial score (nSPS) is 10.7. The Bertz CT molecular complexity index is 390. The standard InChI is InChI=1S/C9H14N6/c1-7-8(12-5-11-7)4-10-3-2-9-13-6-14-15-9/h5-6,10H,2-4H2,1H3,(H,11,12)(H,13,14,15). The maximum atomic E-state index is 4.20. The first-order valence-corrected chi connectivity index (χ1v) is 4.90. The molecule has 0 saturated carbocycles. The number of aromatic amines is 2. The van der Waals surface area contributed by atoms with E-state index in [1.165, 1.54) is 6.33 Å². The molecule has 0 radical (unpaired) electrons. The van der Waals surface area contributed by atoms with Crippen LogP contribution in [0.2, 0.25) is 0 Å². The predicted octanol–water partition coefficient (Wildman–Crippen LogP) is 0.169. The molecule has 0 fully saturated rings. The van der Waals surface area contributed by atoms with Gasteiger partial charge in [0.05, 0.1) is 12.0 Å². The van der Waals surface area contributed by atoms with Crippen molar-refractivity contribution < 1.29 is 0 Å². The maximum Gasteiger partial charge on any atom is 0.137 e. The summed E-state index contributed by atoms with van der Waals surface area (Å²) in [7, 11) is 0. The summed E-state index contributed by atoms with van der Waals surface area (Å²) in [6, 6.07) is 0. The van der Waals surface area contributed by atoms with Crippen LogP contribution in [0.3, 0.4) is 0 Å². The zero-order valence-electron chi connectivity index (χ0n) is 8.62. The quantitative estimate of drug-likeness (QED) is 0.609. The van der Waals surface area contributed by atoms with Crippen molar-refractivity contribution in [3.8, 4) is 0 Å². The van der Waals surface area contributed by atoms with Gasteiger partial charge in [-0.25, -0.2) is 9.97 Å². The molecule has 6 nitrogen and oxygen atoms in total. The molecule has 80 valence electrons. The van der Waals surface area contributed by atoms with E-state index in [2.05, 4.69) is 30.5 Å². The number of imidazole rings is 1. The lowest BCUT2D eigenvalue weighted by molar-refractivity contribution is 0.661. The molecular weight excluding hydrogens is 192 g/mol. The summed E-state index contributed by atoms with van der Waals surface area (Å²) in [4.78, 5) is 11.3. The lowest BCUT2D eigenvalue weighted by Crippen LogP contribution is -2.18. The highest BCUT2D eigenvalue weighted by Gasteiger charge is 2.00. The van der Waals surface area contributed by atoms with E-state index in [-0.39, 0.29) is 0 Å². The number of nitrogens with zero attached hydrogens (tertiary/aromatic N) is 3. The summed E-state index contributed by atoms with van der Waals surface area (Å²) in [6.45, 7) is 3.66. The Kier molecular flexibility index (Phi) is 3.08. The van der Waals surface area contributed by atoms with E-state index >= 15 is 0 Å². The molecule has 3 N–H and O–H groups in total. The summed E-state index contributed by atoms with van der Waals surface area (Å²) in [5.74, 6) is 0.904. The fourth-order valence-electron chi connectivity index (χ4n) is 1.33. The molecule has 0 unspecified atom stereocenters. The summed E-state index contributed by atoms with van der Waals surface area (Å²) in [6.07, 6.45) is 4.08. The third-order valence-electron chi connectivity index (χ3n) is 2.23. The highest BCUT2D eigenvalue weighted by atomic mass is 15.2. The van der Waals surface area contributed by atoms with E-state index in [1.54, 1.807) is 6.33 Å². The number of H-pyrrole nitrogens is 2. The van der Waals surface area contributed by atoms with Gasteiger partial charge in [-0.3, -0.25) is 5.10 Å². The van der Waals surface area contributed by atoms with Crippen LogP contribution in [-0.4, -0.2) is 31.7 Å². The van der Waals surface area contributed by atoms with Gasteiger partial charge in [-0.2, -0.15) is 5.10 Å². The van der Waals surface area contributed by atoms with E-state index in [4.69, 9.17) is 0 Å². The fourth-order valence-corrected chi connectivity index (χ4v) is 1.33. The topological polar surface area (TPSA) is 82.3 Å². The van der Waals surface area contributed by atoms with Crippen LogP contribution in [0, 0.1) is 6.92 Å². The Morgan fingerprint density at radius 3 is 3.00 bits per heavy atom.